The van der Waals surface area contributed by atoms with Gasteiger partial charge in [-0.3, -0.25) is 14.8 Å². The minimum absolute atomic E-state index is 0. The monoisotopic (exact) mass is 1060 g/mol. The van der Waals surface area contributed by atoms with Crippen LogP contribution in [0.15, 0.2) is 158 Å². The summed E-state index contributed by atoms with van der Waals surface area (Å²) in [5.41, 5.74) is 12.5. The van der Waals surface area contributed by atoms with Crippen LogP contribution in [0.25, 0.3) is 20.4 Å². The zero-order valence-electron chi connectivity index (χ0n) is 40.3. The van der Waals surface area contributed by atoms with E-state index in [1.807, 2.05) is 147 Å². The van der Waals surface area contributed by atoms with Crippen molar-refractivity contribution >= 4 is 91.4 Å². The number of carbonyl (C=O) groups excluding carboxylic acids is 5. The number of esters is 2. The Kier molecular flexibility index (Phi) is 22.7. The SMILES string of the molecule is Cc1ccnc2cc(C(=O)CC[C@@H](NC(=O)OCc3ccccc3)C(=O)OCc3ccccc3)sc12.Cc1ccnc2cc(C(=O)O)sc12.Cl.NC[C@@H](NC(=O)OCc1ccccc1)C(=O)OCc1ccccc1. The van der Waals surface area contributed by atoms with Gasteiger partial charge < -0.3 is 40.4 Å². The van der Waals surface area contributed by atoms with Crippen LogP contribution < -0.4 is 16.4 Å². The smallest absolute Gasteiger partial charge is 0.408 e. The molecule has 0 saturated heterocycles. The van der Waals surface area contributed by atoms with Crippen molar-refractivity contribution in [3.63, 3.8) is 0 Å². The predicted octanol–water partition coefficient (Wildman–Crippen LogP) is 10.3. The quantitative estimate of drug-likeness (QED) is 0.0356. The van der Waals surface area contributed by atoms with Gasteiger partial charge in [0.25, 0.3) is 0 Å². The number of benzene rings is 4. The molecule has 8 aromatic rings. The summed E-state index contributed by atoms with van der Waals surface area (Å²) in [6.45, 7) is 4.20. The molecule has 8 rings (SSSR count). The average Bonchev–Trinajstić information content (AvgIpc) is 4.08. The number of carbonyl (C=O) groups is 6. The third-order valence-electron chi connectivity index (χ3n) is 10.6. The molecule has 2 amide bonds. The maximum atomic E-state index is 12.9. The number of nitrogens with one attached hydrogen (secondary N) is 2. The first-order chi connectivity index (χ1) is 35.4. The summed E-state index contributed by atoms with van der Waals surface area (Å²) in [6.07, 6.45) is 2.06. The standard InChI is InChI=1S/C28H26N2O5S.C18H20N2O4.C9H7NO2S.ClH/c1-19-14-15-29-23-16-25(36-26(19)23)24(31)13-12-22(27(32)34-17-20-8-4-2-5-9-20)30-28(33)35-18-21-10-6-3-7-11-21;19-11-16(17(21)23-12-14-7-3-1-4-8-14)20-18(22)24-13-15-9-5-2-6-10-15;1-5-2-3-10-6-4-7(9(11)12)13-8(5)6;/h2-11,14-16,22H,12-13,17-18H2,1H3,(H,30,33);1-10,16H,11-13,19H2,(H,20,22);2-4H,1H3,(H,11,12);1H/t22-;16-;;/m11../s1. The first kappa shape index (κ1) is 56.9. The maximum Gasteiger partial charge on any atom is 0.408 e. The third kappa shape index (κ3) is 17.9. The van der Waals surface area contributed by atoms with E-state index >= 15 is 0 Å². The number of nitrogens with zero attached hydrogens (tertiary/aromatic N) is 2. The summed E-state index contributed by atoms with van der Waals surface area (Å²) in [7, 11) is 0. The molecule has 0 bridgehead atoms. The van der Waals surface area contributed by atoms with Crippen LogP contribution in [0.2, 0.25) is 0 Å². The van der Waals surface area contributed by atoms with Gasteiger partial charge in [0.05, 0.1) is 25.3 Å². The Hall–Kier alpha value is -8.03. The molecule has 0 spiro atoms. The van der Waals surface area contributed by atoms with E-state index in [1.54, 1.807) is 24.5 Å². The van der Waals surface area contributed by atoms with Gasteiger partial charge in [0.15, 0.2) is 5.78 Å². The lowest BCUT2D eigenvalue weighted by atomic mass is 10.1. The molecule has 19 heteroatoms. The lowest BCUT2D eigenvalue weighted by Crippen LogP contribution is -2.46. The normalized spacial score (nSPS) is 11.2. The summed E-state index contributed by atoms with van der Waals surface area (Å²) in [6, 6.07) is 42.1. The van der Waals surface area contributed by atoms with Gasteiger partial charge in [-0.15, -0.1) is 35.1 Å². The van der Waals surface area contributed by atoms with Crippen LogP contribution in [0.5, 0.6) is 0 Å². The van der Waals surface area contributed by atoms with Crippen molar-refractivity contribution in [1.29, 1.82) is 0 Å². The minimum Gasteiger partial charge on any atom is -0.477 e. The molecule has 4 aromatic carbocycles. The van der Waals surface area contributed by atoms with Crippen LogP contribution in [-0.4, -0.2) is 69.6 Å². The summed E-state index contributed by atoms with van der Waals surface area (Å²) in [4.78, 5) is 81.9. The summed E-state index contributed by atoms with van der Waals surface area (Å²) >= 11 is 2.65. The number of carboxylic acids is 1. The second-order valence-corrected chi connectivity index (χ2v) is 18.2. The molecule has 0 radical (unpaired) electrons. The van der Waals surface area contributed by atoms with Crippen molar-refractivity contribution in [3.8, 4) is 0 Å². The van der Waals surface area contributed by atoms with Gasteiger partial charge in [0.1, 0.15) is 43.4 Å². The number of pyridine rings is 2. The first-order valence-electron chi connectivity index (χ1n) is 22.9. The molecule has 0 aliphatic heterocycles. The van der Waals surface area contributed by atoms with E-state index < -0.39 is 42.2 Å². The Balaban J connectivity index is 0.000000228. The number of aryl methyl sites for hydroxylation is 2. The molecule has 74 heavy (non-hydrogen) atoms. The Morgan fingerprint density at radius 1 is 0.541 bits per heavy atom. The molecule has 4 heterocycles. The van der Waals surface area contributed by atoms with E-state index in [1.165, 1.54) is 22.7 Å². The van der Waals surface area contributed by atoms with Crippen molar-refractivity contribution in [1.82, 2.24) is 20.6 Å². The van der Waals surface area contributed by atoms with Crippen LogP contribution in [0.1, 0.15) is 65.6 Å². The topological polar surface area (TPSA) is 235 Å². The molecule has 4 aromatic heterocycles. The number of nitrogens with two attached hydrogens (primary N) is 1. The largest absolute Gasteiger partial charge is 0.477 e. The highest BCUT2D eigenvalue weighted by Gasteiger charge is 2.26. The predicted molar refractivity (Wildman–Crippen MR) is 285 cm³/mol. The number of amides is 2. The van der Waals surface area contributed by atoms with E-state index in [9.17, 15) is 28.8 Å². The number of ketones is 1. The second kappa shape index (κ2) is 29.5. The number of rotatable bonds is 18. The number of hydrogen-bond donors (Lipinski definition) is 4. The molecule has 0 saturated carbocycles. The molecule has 16 nitrogen and oxygen atoms in total. The van der Waals surface area contributed by atoms with Gasteiger partial charge in [-0.25, -0.2) is 24.0 Å². The van der Waals surface area contributed by atoms with Crippen LogP contribution in [0, 0.1) is 13.8 Å². The minimum atomic E-state index is -1.03. The number of carboxylic acid groups (broad SMARTS) is 1. The summed E-state index contributed by atoms with van der Waals surface area (Å²) in [5.74, 6) is -2.24. The molecule has 0 fully saturated rings. The number of aromatic carboxylic acids is 1. The van der Waals surface area contributed by atoms with Gasteiger partial charge in [0, 0.05) is 25.4 Å². The van der Waals surface area contributed by atoms with Crippen molar-refractivity contribution in [2.24, 2.45) is 5.73 Å². The number of halogens is 1. The highest BCUT2D eigenvalue weighted by atomic mass is 35.5. The number of aromatic nitrogens is 2. The first-order valence-corrected chi connectivity index (χ1v) is 24.5. The maximum absolute atomic E-state index is 12.9. The molecule has 5 N–H and O–H groups in total. The number of alkyl carbamates (subject to hydrolysis) is 2. The number of ether oxygens (including phenoxy) is 4. The lowest BCUT2D eigenvalue weighted by Gasteiger charge is -2.17. The van der Waals surface area contributed by atoms with Gasteiger partial charge in [-0.1, -0.05) is 121 Å². The fourth-order valence-corrected chi connectivity index (χ4v) is 8.68. The van der Waals surface area contributed by atoms with Crippen molar-refractivity contribution in [2.75, 3.05) is 6.54 Å². The lowest BCUT2D eigenvalue weighted by molar-refractivity contribution is -0.148. The van der Waals surface area contributed by atoms with Crippen LogP contribution in [0.3, 0.4) is 0 Å². The highest BCUT2D eigenvalue weighted by Crippen LogP contribution is 2.29. The fraction of sp³-hybridized carbons (Fsp3) is 0.200. The number of fused-ring (bicyclic) bond motifs is 2. The van der Waals surface area contributed by atoms with Crippen molar-refractivity contribution in [3.05, 3.63) is 201 Å². The molecular formula is C55H54ClN5O11S2. The van der Waals surface area contributed by atoms with Crippen LogP contribution >= 0.6 is 35.1 Å². The van der Waals surface area contributed by atoms with Gasteiger partial charge >= 0.3 is 30.1 Å². The van der Waals surface area contributed by atoms with Crippen molar-refractivity contribution in [2.45, 2.75) is 65.2 Å². The Bertz CT molecular complexity index is 3090. The molecule has 2 atom stereocenters. The Morgan fingerprint density at radius 2 is 0.905 bits per heavy atom. The molecule has 384 valence electrons. The third-order valence-corrected chi connectivity index (χ3v) is 13.2. The van der Waals surface area contributed by atoms with Crippen LogP contribution in [-0.2, 0) is 55.0 Å². The zero-order chi connectivity index (χ0) is 52.0. The zero-order valence-corrected chi connectivity index (χ0v) is 42.8. The Labute approximate surface area is 441 Å². The number of hydrogen-bond acceptors (Lipinski definition) is 15. The number of Topliss-reactive ketones (excluding diaryl/α,β-unsaturated/α-hetero) is 1. The average molecular weight is 1060 g/mol. The fourth-order valence-electron chi connectivity index (χ4n) is 6.71. The van der Waals surface area contributed by atoms with E-state index in [2.05, 4.69) is 20.6 Å². The van der Waals surface area contributed by atoms with E-state index in [0.717, 1.165) is 53.8 Å². The van der Waals surface area contributed by atoms with E-state index in [-0.39, 0.29) is 64.0 Å². The summed E-state index contributed by atoms with van der Waals surface area (Å²) < 4.78 is 22.8. The van der Waals surface area contributed by atoms with Crippen molar-refractivity contribution < 1.29 is 52.8 Å². The van der Waals surface area contributed by atoms with Gasteiger partial charge in [-0.2, -0.15) is 0 Å². The summed E-state index contributed by atoms with van der Waals surface area (Å²) in [5, 5.41) is 13.7. The second-order valence-electron chi connectivity index (χ2n) is 16.1. The van der Waals surface area contributed by atoms with Crippen LogP contribution in [0.4, 0.5) is 9.59 Å². The molecule has 0 aliphatic rings. The van der Waals surface area contributed by atoms with Gasteiger partial charge in [-0.05, 0) is 77.9 Å². The molecule has 0 unspecified atom stereocenters. The highest BCUT2D eigenvalue weighted by molar-refractivity contribution is 7.21. The van der Waals surface area contributed by atoms with E-state index in [4.69, 9.17) is 29.8 Å². The number of thiophene rings is 2. The Morgan fingerprint density at radius 3 is 1.30 bits per heavy atom. The molecule has 0 aliphatic carbocycles. The molecular weight excluding hydrogens is 1010 g/mol. The van der Waals surface area contributed by atoms with Gasteiger partial charge in [0.2, 0.25) is 0 Å². The van der Waals surface area contributed by atoms with E-state index in [0.29, 0.717) is 9.75 Å².